The number of carboxylic acids is 1. The monoisotopic (exact) mass is 320 g/mol. The van der Waals surface area contributed by atoms with Crippen LogP contribution in [-0.4, -0.2) is 23.0 Å². The maximum absolute atomic E-state index is 11.3. The summed E-state index contributed by atoms with van der Waals surface area (Å²) in [6.07, 6.45) is 0. The summed E-state index contributed by atoms with van der Waals surface area (Å²) >= 11 is 5.92. The van der Waals surface area contributed by atoms with Gasteiger partial charge in [-0.25, -0.2) is 4.79 Å². The van der Waals surface area contributed by atoms with Gasteiger partial charge >= 0.3 is 5.97 Å². The SMILES string of the molecule is CN(Cc1cccc(Cl)c1)c1ccc([N+](=O)[O-])cc1C(=O)O. The molecule has 2 aromatic rings. The standard InChI is InChI=1S/C15H13ClN2O4/c1-17(9-10-3-2-4-11(16)7-10)14-6-5-12(18(21)22)8-13(14)15(19)20/h2-8H,9H2,1H3,(H,19,20). The second-order valence-electron chi connectivity index (χ2n) is 4.75. The Morgan fingerprint density at radius 1 is 1.32 bits per heavy atom. The van der Waals surface area contributed by atoms with Gasteiger partial charge < -0.3 is 10.0 Å². The van der Waals surface area contributed by atoms with Crippen molar-refractivity contribution in [1.82, 2.24) is 0 Å². The van der Waals surface area contributed by atoms with E-state index in [0.717, 1.165) is 11.6 Å². The average Bonchev–Trinajstić information content (AvgIpc) is 2.46. The number of aromatic carboxylic acids is 1. The summed E-state index contributed by atoms with van der Waals surface area (Å²) in [6, 6.07) is 11.0. The molecule has 0 aliphatic carbocycles. The predicted octanol–water partition coefficient (Wildman–Crippen LogP) is 3.58. The number of benzene rings is 2. The molecule has 0 spiro atoms. The summed E-state index contributed by atoms with van der Waals surface area (Å²) in [5, 5.41) is 20.6. The van der Waals surface area contributed by atoms with Crippen molar-refractivity contribution in [3.63, 3.8) is 0 Å². The Hall–Kier alpha value is -2.60. The number of nitro benzene ring substituents is 1. The maximum Gasteiger partial charge on any atom is 0.338 e. The summed E-state index contributed by atoms with van der Waals surface area (Å²) < 4.78 is 0. The van der Waals surface area contributed by atoms with E-state index in [2.05, 4.69) is 0 Å². The van der Waals surface area contributed by atoms with Crippen LogP contribution in [0.2, 0.25) is 5.02 Å². The fraction of sp³-hybridized carbons (Fsp3) is 0.133. The molecule has 0 aromatic heterocycles. The van der Waals surface area contributed by atoms with E-state index in [0.29, 0.717) is 17.3 Å². The molecule has 1 N–H and O–H groups in total. The molecule has 0 radical (unpaired) electrons. The maximum atomic E-state index is 11.3. The number of carbonyl (C=O) groups is 1. The van der Waals surface area contributed by atoms with Crippen LogP contribution in [0.25, 0.3) is 0 Å². The number of anilines is 1. The van der Waals surface area contributed by atoms with E-state index >= 15 is 0 Å². The van der Waals surface area contributed by atoms with E-state index in [1.165, 1.54) is 12.1 Å². The first-order valence-electron chi connectivity index (χ1n) is 6.36. The highest BCUT2D eigenvalue weighted by atomic mass is 35.5. The summed E-state index contributed by atoms with van der Waals surface area (Å²) in [7, 11) is 1.72. The van der Waals surface area contributed by atoms with Gasteiger partial charge in [-0.1, -0.05) is 23.7 Å². The van der Waals surface area contributed by atoms with Crippen molar-refractivity contribution in [2.75, 3.05) is 11.9 Å². The molecule has 0 bridgehead atoms. The van der Waals surface area contributed by atoms with Gasteiger partial charge in [0.1, 0.15) is 0 Å². The van der Waals surface area contributed by atoms with E-state index in [1.54, 1.807) is 30.1 Å². The van der Waals surface area contributed by atoms with Crippen LogP contribution in [0.1, 0.15) is 15.9 Å². The number of rotatable bonds is 5. The van der Waals surface area contributed by atoms with Gasteiger partial charge in [0.25, 0.3) is 5.69 Å². The Morgan fingerprint density at radius 2 is 2.05 bits per heavy atom. The number of hydrogen-bond donors (Lipinski definition) is 1. The third-order valence-corrected chi connectivity index (χ3v) is 3.38. The van der Waals surface area contributed by atoms with Gasteiger partial charge in [-0.15, -0.1) is 0 Å². The van der Waals surface area contributed by atoms with E-state index in [1.807, 2.05) is 6.07 Å². The minimum absolute atomic E-state index is 0.112. The van der Waals surface area contributed by atoms with Crippen LogP contribution in [0, 0.1) is 10.1 Å². The molecule has 2 aromatic carbocycles. The number of nitrogens with zero attached hydrogens (tertiary/aromatic N) is 2. The van der Waals surface area contributed by atoms with Gasteiger partial charge in [0, 0.05) is 30.7 Å². The number of carboxylic acid groups (broad SMARTS) is 1. The molecule has 0 fully saturated rings. The highest BCUT2D eigenvalue weighted by Gasteiger charge is 2.18. The molecular weight excluding hydrogens is 308 g/mol. The highest BCUT2D eigenvalue weighted by Crippen LogP contribution is 2.26. The van der Waals surface area contributed by atoms with Crippen molar-refractivity contribution in [2.45, 2.75) is 6.54 Å². The van der Waals surface area contributed by atoms with E-state index in [-0.39, 0.29) is 11.3 Å². The largest absolute Gasteiger partial charge is 0.478 e. The molecule has 0 saturated carbocycles. The third kappa shape index (κ3) is 3.53. The van der Waals surface area contributed by atoms with Gasteiger partial charge in [0.05, 0.1) is 16.2 Å². The third-order valence-electron chi connectivity index (χ3n) is 3.14. The molecule has 0 atom stereocenters. The molecule has 0 unspecified atom stereocenters. The minimum atomic E-state index is -1.21. The van der Waals surface area contributed by atoms with Crippen LogP contribution < -0.4 is 4.90 Å². The molecule has 0 amide bonds. The van der Waals surface area contributed by atoms with E-state index < -0.39 is 10.9 Å². The topological polar surface area (TPSA) is 83.7 Å². The van der Waals surface area contributed by atoms with Crippen LogP contribution in [0.15, 0.2) is 42.5 Å². The zero-order valence-corrected chi connectivity index (χ0v) is 12.4. The zero-order chi connectivity index (χ0) is 16.3. The number of non-ortho nitro benzene ring substituents is 1. The van der Waals surface area contributed by atoms with Crippen LogP contribution in [0.4, 0.5) is 11.4 Å². The average molecular weight is 321 g/mol. The second kappa shape index (κ2) is 6.44. The molecular formula is C15H13ClN2O4. The van der Waals surface area contributed by atoms with Gasteiger partial charge in [0.15, 0.2) is 0 Å². The van der Waals surface area contributed by atoms with Gasteiger partial charge in [-0.3, -0.25) is 10.1 Å². The first-order valence-corrected chi connectivity index (χ1v) is 6.73. The normalized spacial score (nSPS) is 10.3. The Labute approximate surface area is 131 Å². The lowest BCUT2D eigenvalue weighted by Gasteiger charge is -2.21. The van der Waals surface area contributed by atoms with Crippen molar-refractivity contribution < 1.29 is 14.8 Å². The lowest BCUT2D eigenvalue weighted by Crippen LogP contribution is -2.19. The van der Waals surface area contributed by atoms with Crippen LogP contribution in [-0.2, 0) is 6.54 Å². The van der Waals surface area contributed by atoms with Crippen molar-refractivity contribution in [2.24, 2.45) is 0 Å². The number of halogens is 1. The number of hydrogen-bond acceptors (Lipinski definition) is 4. The molecule has 0 saturated heterocycles. The van der Waals surface area contributed by atoms with Crippen molar-refractivity contribution in [3.8, 4) is 0 Å². The molecule has 22 heavy (non-hydrogen) atoms. The summed E-state index contributed by atoms with van der Waals surface area (Å²) in [6.45, 7) is 0.429. The molecule has 0 aliphatic heterocycles. The molecule has 0 heterocycles. The zero-order valence-electron chi connectivity index (χ0n) is 11.7. The van der Waals surface area contributed by atoms with Crippen molar-refractivity contribution in [1.29, 1.82) is 0 Å². The molecule has 2 rings (SSSR count). The van der Waals surface area contributed by atoms with E-state index in [9.17, 15) is 20.0 Å². The smallest absolute Gasteiger partial charge is 0.338 e. The first kappa shape index (κ1) is 15.8. The fourth-order valence-electron chi connectivity index (χ4n) is 2.14. The first-order chi connectivity index (χ1) is 10.4. The molecule has 0 aliphatic rings. The summed E-state index contributed by atoms with van der Waals surface area (Å²) in [4.78, 5) is 23.2. The summed E-state index contributed by atoms with van der Waals surface area (Å²) in [5.74, 6) is -1.21. The molecule has 6 nitrogen and oxygen atoms in total. The van der Waals surface area contributed by atoms with Crippen LogP contribution in [0.3, 0.4) is 0 Å². The molecule has 114 valence electrons. The lowest BCUT2D eigenvalue weighted by molar-refractivity contribution is -0.384. The minimum Gasteiger partial charge on any atom is -0.478 e. The molecule has 7 heteroatoms. The highest BCUT2D eigenvalue weighted by molar-refractivity contribution is 6.30. The quantitative estimate of drug-likeness (QED) is 0.672. The van der Waals surface area contributed by atoms with Crippen LogP contribution in [0.5, 0.6) is 0 Å². The van der Waals surface area contributed by atoms with Gasteiger partial charge in [-0.2, -0.15) is 0 Å². The number of nitro groups is 1. The van der Waals surface area contributed by atoms with Gasteiger partial charge in [0.2, 0.25) is 0 Å². The summed E-state index contributed by atoms with van der Waals surface area (Å²) in [5.41, 5.74) is 0.943. The Balaban J connectivity index is 2.34. The van der Waals surface area contributed by atoms with Crippen molar-refractivity contribution >= 4 is 28.9 Å². The van der Waals surface area contributed by atoms with Crippen LogP contribution >= 0.6 is 11.6 Å². The predicted molar refractivity (Wildman–Crippen MR) is 83.6 cm³/mol. The lowest BCUT2D eigenvalue weighted by atomic mass is 10.1. The van der Waals surface area contributed by atoms with Crippen molar-refractivity contribution in [3.05, 3.63) is 68.7 Å². The van der Waals surface area contributed by atoms with E-state index in [4.69, 9.17) is 11.6 Å². The Bertz CT molecular complexity index is 733. The Morgan fingerprint density at radius 3 is 2.64 bits per heavy atom. The second-order valence-corrected chi connectivity index (χ2v) is 5.19. The van der Waals surface area contributed by atoms with Gasteiger partial charge in [-0.05, 0) is 23.8 Å². The fourth-order valence-corrected chi connectivity index (χ4v) is 2.35. The Kier molecular flexibility index (Phi) is 4.62.